The second kappa shape index (κ2) is 8.29. The van der Waals surface area contributed by atoms with Crippen LogP contribution >= 0.6 is 0 Å². The van der Waals surface area contributed by atoms with Crippen molar-refractivity contribution in [3.8, 4) is 0 Å². The minimum absolute atomic E-state index is 0.120. The summed E-state index contributed by atoms with van der Waals surface area (Å²) in [5, 5.41) is 0. The summed E-state index contributed by atoms with van der Waals surface area (Å²) in [6, 6.07) is 11.9. The number of amides is 2. The van der Waals surface area contributed by atoms with Gasteiger partial charge < -0.3 is 4.74 Å². The molecule has 5 heteroatoms. The van der Waals surface area contributed by atoms with Crippen LogP contribution in [0.15, 0.2) is 42.5 Å². The highest BCUT2D eigenvalue weighted by Crippen LogP contribution is 2.36. The van der Waals surface area contributed by atoms with E-state index in [1.807, 2.05) is 19.1 Å². The number of carbonyl (C=O) groups excluding carboxylic acids is 3. The molecule has 0 aromatic heterocycles. The Balaban J connectivity index is 1.58. The Morgan fingerprint density at radius 3 is 2.45 bits per heavy atom. The molecule has 0 radical (unpaired) electrons. The SMILES string of the molecule is Cc1ccccc1N1C(=O)c2ccc(C(=O)O[C@@H]3C[C@@H](C)CC[C@H]3C(C)C)cc2C1=O. The summed E-state index contributed by atoms with van der Waals surface area (Å²) in [4.78, 5) is 40.1. The second-order valence-electron chi connectivity index (χ2n) is 9.26. The molecule has 2 aromatic rings. The zero-order chi connectivity index (χ0) is 22.3. The van der Waals surface area contributed by atoms with Gasteiger partial charge in [-0.3, -0.25) is 9.59 Å². The minimum Gasteiger partial charge on any atom is -0.458 e. The van der Waals surface area contributed by atoms with Crippen molar-refractivity contribution in [1.29, 1.82) is 0 Å². The zero-order valence-electron chi connectivity index (χ0n) is 18.6. The lowest BCUT2D eigenvalue weighted by molar-refractivity contribution is -0.0174. The minimum atomic E-state index is -0.429. The van der Waals surface area contributed by atoms with Crippen LogP contribution in [0.4, 0.5) is 5.69 Å². The number of esters is 1. The highest BCUT2D eigenvalue weighted by molar-refractivity contribution is 6.34. The van der Waals surface area contributed by atoms with Gasteiger partial charge in [0.15, 0.2) is 0 Å². The fourth-order valence-electron chi connectivity index (χ4n) is 4.86. The number of imide groups is 1. The van der Waals surface area contributed by atoms with E-state index in [-0.39, 0.29) is 17.6 Å². The quantitative estimate of drug-likeness (QED) is 0.491. The van der Waals surface area contributed by atoms with E-state index in [4.69, 9.17) is 4.74 Å². The van der Waals surface area contributed by atoms with Gasteiger partial charge >= 0.3 is 5.97 Å². The van der Waals surface area contributed by atoms with Crippen molar-refractivity contribution in [2.45, 2.75) is 53.1 Å². The van der Waals surface area contributed by atoms with Crippen LogP contribution in [-0.2, 0) is 4.74 Å². The molecule has 4 rings (SSSR count). The molecule has 5 nitrogen and oxygen atoms in total. The standard InChI is InChI=1S/C26H29NO4/c1-15(2)19-11-9-16(3)13-23(19)31-26(30)18-10-12-20-21(14-18)25(29)27(24(20)28)22-8-6-5-7-17(22)4/h5-8,10,12,14-16,19,23H,9,11,13H2,1-4H3/t16-,19-,23+/m0/s1. The lowest BCUT2D eigenvalue weighted by Gasteiger charge is -2.36. The fraction of sp³-hybridized carbons (Fsp3) is 0.423. The molecule has 2 aliphatic rings. The number of anilines is 1. The maximum absolute atomic E-state index is 13.1. The van der Waals surface area contributed by atoms with Crippen molar-refractivity contribution in [3.63, 3.8) is 0 Å². The van der Waals surface area contributed by atoms with Crippen LogP contribution in [0.5, 0.6) is 0 Å². The van der Waals surface area contributed by atoms with E-state index in [1.54, 1.807) is 24.3 Å². The Kier molecular flexibility index (Phi) is 5.69. The molecule has 0 bridgehead atoms. The van der Waals surface area contributed by atoms with Crippen molar-refractivity contribution >= 4 is 23.5 Å². The van der Waals surface area contributed by atoms with E-state index < -0.39 is 11.9 Å². The van der Waals surface area contributed by atoms with Crippen LogP contribution in [-0.4, -0.2) is 23.9 Å². The average molecular weight is 420 g/mol. The summed E-state index contributed by atoms with van der Waals surface area (Å²) in [6.07, 6.45) is 2.95. The number of ether oxygens (including phenoxy) is 1. The largest absolute Gasteiger partial charge is 0.458 e. The maximum atomic E-state index is 13.1. The third-order valence-electron chi connectivity index (χ3n) is 6.70. The van der Waals surface area contributed by atoms with Crippen LogP contribution in [0, 0.1) is 24.7 Å². The lowest BCUT2D eigenvalue weighted by Crippen LogP contribution is -2.35. The van der Waals surface area contributed by atoms with E-state index in [1.165, 1.54) is 11.0 Å². The van der Waals surface area contributed by atoms with Crippen LogP contribution in [0.1, 0.15) is 76.7 Å². The predicted octanol–water partition coefficient (Wildman–Crippen LogP) is 5.41. The van der Waals surface area contributed by atoms with Crippen LogP contribution in [0.25, 0.3) is 0 Å². The molecule has 1 fully saturated rings. The summed E-state index contributed by atoms with van der Waals surface area (Å²) < 4.78 is 5.93. The zero-order valence-corrected chi connectivity index (χ0v) is 18.6. The number of nitrogens with zero attached hydrogens (tertiary/aromatic N) is 1. The highest BCUT2D eigenvalue weighted by atomic mass is 16.5. The molecule has 162 valence electrons. The molecule has 0 saturated heterocycles. The Hall–Kier alpha value is -2.95. The molecule has 0 N–H and O–H groups in total. The van der Waals surface area contributed by atoms with Crippen molar-refractivity contribution in [3.05, 3.63) is 64.7 Å². The number of para-hydroxylation sites is 1. The number of hydrogen-bond donors (Lipinski definition) is 0. The first kappa shape index (κ1) is 21.3. The van der Waals surface area contributed by atoms with Gasteiger partial charge in [0.1, 0.15) is 6.10 Å². The number of benzene rings is 2. The van der Waals surface area contributed by atoms with E-state index in [9.17, 15) is 14.4 Å². The number of rotatable bonds is 4. The van der Waals surface area contributed by atoms with Gasteiger partial charge in [-0.05, 0) is 67.3 Å². The smallest absolute Gasteiger partial charge is 0.338 e. The molecule has 3 atom stereocenters. The number of carbonyl (C=O) groups is 3. The summed E-state index contributed by atoms with van der Waals surface area (Å²) >= 11 is 0. The van der Waals surface area contributed by atoms with Gasteiger partial charge in [-0.25, -0.2) is 9.69 Å². The molecule has 2 amide bonds. The van der Waals surface area contributed by atoms with Gasteiger partial charge in [-0.2, -0.15) is 0 Å². The van der Waals surface area contributed by atoms with Gasteiger partial charge in [0, 0.05) is 0 Å². The van der Waals surface area contributed by atoms with Gasteiger partial charge in [-0.15, -0.1) is 0 Å². The van der Waals surface area contributed by atoms with Crippen molar-refractivity contribution in [1.82, 2.24) is 0 Å². The highest BCUT2D eigenvalue weighted by Gasteiger charge is 2.38. The van der Waals surface area contributed by atoms with Gasteiger partial charge in [0.2, 0.25) is 0 Å². The molecule has 1 saturated carbocycles. The summed E-state index contributed by atoms with van der Waals surface area (Å²) in [6.45, 7) is 8.39. The van der Waals surface area contributed by atoms with Gasteiger partial charge in [0.05, 0.1) is 22.4 Å². The van der Waals surface area contributed by atoms with Crippen molar-refractivity contribution < 1.29 is 19.1 Å². The Morgan fingerprint density at radius 2 is 1.74 bits per heavy atom. The number of fused-ring (bicyclic) bond motifs is 1. The van der Waals surface area contributed by atoms with Crippen molar-refractivity contribution in [2.24, 2.45) is 17.8 Å². The Bertz CT molecular complexity index is 1040. The number of hydrogen-bond acceptors (Lipinski definition) is 4. The van der Waals surface area contributed by atoms with E-state index in [2.05, 4.69) is 20.8 Å². The molecule has 1 aliphatic carbocycles. The molecule has 2 aromatic carbocycles. The number of aryl methyl sites for hydroxylation is 1. The van der Waals surface area contributed by atoms with Crippen LogP contribution in [0.3, 0.4) is 0 Å². The predicted molar refractivity (Wildman–Crippen MR) is 119 cm³/mol. The van der Waals surface area contributed by atoms with Crippen molar-refractivity contribution in [2.75, 3.05) is 4.90 Å². The first-order chi connectivity index (χ1) is 14.8. The fourth-order valence-corrected chi connectivity index (χ4v) is 4.86. The Morgan fingerprint density at radius 1 is 1.03 bits per heavy atom. The van der Waals surface area contributed by atoms with Crippen LogP contribution < -0.4 is 4.90 Å². The topological polar surface area (TPSA) is 63.7 Å². The maximum Gasteiger partial charge on any atom is 0.338 e. The molecule has 1 heterocycles. The molecular formula is C26H29NO4. The molecule has 31 heavy (non-hydrogen) atoms. The Labute approximate surface area is 183 Å². The normalized spacial score (nSPS) is 23.3. The molecule has 1 aliphatic heterocycles. The average Bonchev–Trinajstić information content (AvgIpc) is 2.98. The first-order valence-electron chi connectivity index (χ1n) is 11.1. The molecular weight excluding hydrogens is 390 g/mol. The first-order valence-corrected chi connectivity index (χ1v) is 11.1. The molecule has 0 spiro atoms. The van der Waals surface area contributed by atoms with Crippen LogP contribution in [0.2, 0.25) is 0 Å². The third-order valence-corrected chi connectivity index (χ3v) is 6.70. The van der Waals surface area contributed by atoms with Gasteiger partial charge in [0.25, 0.3) is 11.8 Å². The summed E-state index contributed by atoms with van der Waals surface area (Å²) in [5.41, 5.74) is 2.28. The monoisotopic (exact) mass is 419 g/mol. The third kappa shape index (κ3) is 3.89. The second-order valence-corrected chi connectivity index (χ2v) is 9.26. The van der Waals surface area contributed by atoms with E-state index in [0.717, 1.165) is 24.8 Å². The summed E-state index contributed by atoms with van der Waals surface area (Å²) in [5.74, 6) is 0.101. The van der Waals surface area contributed by atoms with E-state index >= 15 is 0 Å². The summed E-state index contributed by atoms with van der Waals surface area (Å²) in [7, 11) is 0. The lowest BCUT2D eigenvalue weighted by atomic mass is 9.75. The van der Waals surface area contributed by atoms with Gasteiger partial charge in [-0.1, -0.05) is 45.4 Å². The van der Waals surface area contributed by atoms with E-state index in [0.29, 0.717) is 34.6 Å². The molecule has 0 unspecified atom stereocenters.